The molecule has 3 heterocycles. The summed E-state index contributed by atoms with van der Waals surface area (Å²) in [5, 5.41) is 3.01. The van der Waals surface area contributed by atoms with Crippen LogP contribution in [0.5, 0.6) is 0 Å². The van der Waals surface area contributed by atoms with Crippen LogP contribution in [-0.4, -0.2) is 46.4 Å². The standard InChI is InChI=1S/C18H26N4O/c1-15-6-11-22-14-16(20-17(22)12-15)13-18(23)19-7-2-3-8-21-9-4-5-10-21/h6,11-12,14H,2-5,7-10,13H2,1H3,(H,19,23). The van der Waals surface area contributed by atoms with Gasteiger partial charge in [-0.05, 0) is 69.9 Å². The molecule has 0 atom stereocenters. The summed E-state index contributed by atoms with van der Waals surface area (Å²) in [5.74, 6) is 0.0614. The second-order valence-electron chi connectivity index (χ2n) is 6.48. The van der Waals surface area contributed by atoms with Gasteiger partial charge in [0.1, 0.15) is 5.65 Å². The van der Waals surface area contributed by atoms with Gasteiger partial charge in [-0.25, -0.2) is 4.98 Å². The lowest BCUT2D eigenvalue weighted by atomic mass is 10.2. The number of aryl methyl sites for hydroxylation is 1. The molecule has 1 N–H and O–H groups in total. The summed E-state index contributed by atoms with van der Waals surface area (Å²) >= 11 is 0. The SMILES string of the molecule is Cc1ccn2cc(CC(=O)NCCCCN3CCCC3)nc2c1. The molecule has 1 saturated heterocycles. The van der Waals surface area contributed by atoms with Crippen LogP contribution < -0.4 is 5.32 Å². The van der Waals surface area contributed by atoms with Crippen LogP contribution >= 0.6 is 0 Å². The van der Waals surface area contributed by atoms with Crippen LogP contribution in [0.4, 0.5) is 0 Å². The first-order chi connectivity index (χ1) is 11.2. The molecule has 5 heteroatoms. The number of hydrogen-bond acceptors (Lipinski definition) is 3. The lowest BCUT2D eigenvalue weighted by molar-refractivity contribution is -0.120. The number of rotatable bonds is 7. The van der Waals surface area contributed by atoms with Crippen molar-refractivity contribution in [3.8, 4) is 0 Å². The van der Waals surface area contributed by atoms with E-state index in [-0.39, 0.29) is 5.91 Å². The van der Waals surface area contributed by atoms with Gasteiger partial charge in [0.15, 0.2) is 0 Å². The number of nitrogens with one attached hydrogen (secondary N) is 1. The molecule has 1 aliphatic rings. The zero-order chi connectivity index (χ0) is 16.1. The monoisotopic (exact) mass is 314 g/mol. The predicted octanol–water partition coefficient (Wildman–Crippen LogP) is 2.18. The minimum atomic E-state index is 0.0614. The number of aromatic nitrogens is 2. The molecule has 0 aromatic carbocycles. The Kier molecular flexibility index (Phi) is 5.28. The normalized spacial score (nSPS) is 15.3. The third-order valence-electron chi connectivity index (χ3n) is 4.43. The smallest absolute Gasteiger partial charge is 0.226 e. The van der Waals surface area contributed by atoms with E-state index >= 15 is 0 Å². The van der Waals surface area contributed by atoms with E-state index in [0.29, 0.717) is 6.42 Å². The number of pyridine rings is 1. The van der Waals surface area contributed by atoms with Crippen molar-refractivity contribution < 1.29 is 4.79 Å². The summed E-state index contributed by atoms with van der Waals surface area (Å²) in [6.45, 7) is 6.48. The van der Waals surface area contributed by atoms with E-state index in [2.05, 4.69) is 15.2 Å². The molecule has 1 fully saturated rings. The molecular formula is C18H26N4O. The van der Waals surface area contributed by atoms with E-state index in [4.69, 9.17) is 0 Å². The molecule has 1 amide bonds. The molecule has 0 radical (unpaired) electrons. The first kappa shape index (κ1) is 16.0. The van der Waals surface area contributed by atoms with Crippen LogP contribution in [0.1, 0.15) is 36.9 Å². The van der Waals surface area contributed by atoms with Crippen LogP contribution in [-0.2, 0) is 11.2 Å². The Hall–Kier alpha value is -1.88. The molecule has 5 nitrogen and oxygen atoms in total. The maximum Gasteiger partial charge on any atom is 0.226 e. The fraction of sp³-hybridized carbons (Fsp3) is 0.556. The first-order valence-corrected chi connectivity index (χ1v) is 8.64. The predicted molar refractivity (Wildman–Crippen MR) is 91.6 cm³/mol. The average molecular weight is 314 g/mol. The molecule has 3 rings (SSSR count). The van der Waals surface area contributed by atoms with E-state index in [9.17, 15) is 4.79 Å². The lowest BCUT2D eigenvalue weighted by Crippen LogP contribution is -2.27. The van der Waals surface area contributed by atoms with Gasteiger partial charge in [0.05, 0.1) is 12.1 Å². The van der Waals surface area contributed by atoms with Crippen LogP contribution in [0.3, 0.4) is 0 Å². The highest BCUT2D eigenvalue weighted by molar-refractivity contribution is 5.78. The van der Waals surface area contributed by atoms with E-state index in [1.54, 1.807) is 0 Å². The zero-order valence-electron chi connectivity index (χ0n) is 13.9. The van der Waals surface area contributed by atoms with Crippen LogP contribution in [0.25, 0.3) is 5.65 Å². The highest BCUT2D eigenvalue weighted by Crippen LogP contribution is 2.09. The second kappa shape index (κ2) is 7.59. The summed E-state index contributed by atoms with van der Waals surface area (Å²) in [4.78, 5) is 19.0. The van der Waals surface area contributed by atoms with Gasteiger partial charge < -0.3 is 14.6 Å². The van der Waals surface area contributed by atoms with Crippen LogP contribution in [0.15, 0.2) is 24.5 Å². The number of fused-ring (bicyclic) bond motifs is 1. The molecule has 0 aliphatic carbocycles. The molecule has 124 valence electrons. The number of amides is 1. The summed E-state index contributed by atoms with van der Waals surface area (Å²) in [7, 11) is 0. The fourth-order valence-electron chi connectivity index (χ4n) is 3.14. The largest absolute Gasteiger partial charge is 0.356 e. The summed E-state index contributed by atoms with van der Waals surface area (Å²) < 4.78 is 1.96. The lowest BCUT2D eigenvalue weighted by Gasteiger charge is -2.13. The maximum atomic E-state index is 12.0. The van der Waals surface area contributed by atoms with Crippen LogP contribution in [0, 0.1) is 6.92 Å². The van der Waals surface area contributed by atoms with Crippen molar-refractivity contribution in [1.29, 1.82) is 0 Å². The van der Waals surface area contributed by atoms with Gasteiger partial charge >= 0.3 is 0 Å². The number of carbonyl (C=O) groups excluding carboxylic acids is 1. The van der Waals surface area contributed by atoms with Gasteiger partial charge in [-0.15, -0.1) is 0 Å². The summed E-state index contributed by atoms with van der Waals surface area (Å²) in [6, 6.07) is 4.07. The van der Waals surface area contributed by atoms with Crippen molar-refractivity contribution in [3.63, 3.8) is 0 Å². The Balaban J connectivity index is 1.38. The first-order valence-electron chi connectivity index (χ1n) is 8.64. The molecule has 0 bridgehead atoms. The van der Waals surface area contributed by atoms with Gasteiger partial charge in [0.25, 0.3) is 0 Å². The number of unbranched alkanes of at least 4 members (excludes halogenated alkanes) is 1. The van der Waals surface area contributed by atoms with E-state index in [1.807, 2.05) is 35.9 Å². The number of carbonyl (C=O) groups is 1. The highest BCUT2D eigenvalue weighted by atomic mass is 16.1. The molecule has 0 unspecified atom stereocenters. The summed E-state index contributed by atoms with van der Waals surface area (Å²) in [5.41, 5.74) is 2.90. The minimum absolute atomic E-state index is 0.0614. The van der Waals surface area contributed by atoms with E-state index in [0.717, 1.165) is 30.7 Å². The van der Waals surface area contributed by atoms with Gasteiger partial charge in [-0.2, -0.15) is 0 Å². The number of imidazole rings is 1. The topological polar surface area (TPSA) is 49.6 Å². The minimum Gasteiger partial charge on any atom is -0.356 e. The van der Waals surface area contributed by atoms with E-state index in [1.165, 1.54) is 38.0 Å². The number of likely N-dealkylation sites (tertiary alicyclic amines) is 1. The zero-order valence-corrected chi connectivity index (χ0v) is 13.9. The summed E-state index contributed by atoms with van der Waals surface area (Å²) in [6.07, 6.45) is 9.16. The van der Waals surface area contributed by atoms with Crippen molar-refractivity contribution in [2.45, 2.75) is 39.0 Å². The van der Waals surface area contributed by atoms with Crippen molar-refractivity contribution >= 4 is 11.6 Å². The molecule has 0 spiro atoms. The fourth-order valence-corrected chi connectivity index (χ4v) is 3.14. The van der Waals surface area contributed by atoms with Gasteiger partial charge in [0, 0.05) is 18.9 Å². The van der Waals surface area contributed by atoms with Gasteiger partial charge in [-0.1, -0.05) is 0 Å². The van der Waals surface area contributed by atoms with Crippen molar-refractivity contribution in [2.24, 2.45) is 0 Å². The Labute approximate surface area is 137 Å². The Morgan fingerprint density at radius 2 is 2.13 bits per heavy atom. The van der Waals surface area contributed by atoms with Gasteiger partial charge in [-0.3, -0.25) is 4.79 Å². The molecule has 1 aliphatic heterocycles. The number of nitrogens with zero attached hydrogens (tertiary/aromatic N) is 3. The molecule has 0 saturated carbocycles. The maximum absolute atomic E-state index is 12.0. The third kappa shape index (κ3) is 4.55. The third-order valence-corrected chi connectivity index (χ3v) is 4.43. The Bertz CT molecular complexity index is 658. The Morgan fingerprint density at radius 3 is 2.96 bits per heavy atom. The quantitative estimate of drug-likeness (QED) is 0.797. The molecule has 2 aromatic rings. The second-order valence-corrected chi connectivity index (χ2v) is 6.48. The van der Waals surface area contributed by atoms with E-state index < -0.39 is 0 Å². The number of hydrogen-bond donors (Lipinski definition) is 1. The van der Waals surface area contributed by atoms with Gasteiger partial charge in [0.2, 0.25) is 5.91 Å². The average Bonchev–Trinajstić information content (AvgIpc) is 3.15. The highest BCUT2D eigenvalue weighted by Gasteiger charge is 2.10. The molecule has 23 heavy (non-hydrogen) atoms. The van der Waals surface area contributed by atoms with Crippen molar-refractivity contribution in [2.75, 3.05) is 26.2 Å². The molecular weight excluding hydrogens is 288 g/mol. The van der Waals surface area contributed by atoms with Crippen molar-refractivity contribution in [3.05, 3.63) is 35.8 Å². The van der Waals surface area contributed by atoms with Crippen LogP contribution in [0.2, 0.25) is 0 Å². The Morgan fingerprint density at radius 1 is 1.30 bits per heavy atom. The molecule has 2 aromatic heterocycles. The van der Waals surface area contributed by atoms with Crippen molar-refractivity contribution in [1.82, 2.24) is 19.6 Å².